The Hall–Kier alpha value is -0.0400. The molecule has 0 atom stereocenters. The van der Waals surface area contributed by atoms with Crippen LogP contribution >= 0.6 is 24.0 Å². The molecule has 0 radical (unpaired) electrons. The average Bonchev–Trinajstić information content (AvgIpc) is 2.46. The van der Waals surface area contributed by atoms with Crippen LogP contribution in [0.3, 0.4) is 0 Å². The number of unbranched alkanes of at least 4 members (excludes halogenated alkanes) is 5. The van der Waals surface area contributed by atoms with Gasteiger partial charge in [-0.25, -0.2) is 0 Å². The van der Waals surface area contributed by atoms with Crippen LogP contribution in [0.15, 0.2) is 4.99 Å². The van der Waals surface area contributed by atoms with Crippen LogP contribution in [0.2, 0.25) is 0 Å². The molecule has 0 aromatic heterocycles. The molecule has 5 heteroatoms. The van der Waals surface area contributed by atoms with E-state index in [4.69, 9.17) is 4.74 Å². The van der Waals surface area contributed by atoms with E-state index in [1.807, 2.05) is 0 Å². The van der Waals surface area contributed by atoms with Gasteiger partial charge in [-0.05, 0) is 19.3 Å². The summed E-state index contributed by atoms with van der Waals surface area (Å²) in [7, 11) is 0. The Balaban J connectivity index is 0.00000361. The Labute approximate surface area is 141 Å². The molecular formula is C15H32IN3O. The lowest BCUT2D eigenvalue weighted by atomic mass is 10.1. The van der Waals surface area contributed by atoms with Gasteiger partial charge in [-0.15, -0.1) is 24.0 Å². The Morgan fingerprint density at radius 2 is 1.85 bits per heavy atom. The van der Waals surface area contributed by atoms with Crippen molar-refractivity contribution in [1.82, 2.24) is 10.6 Å². The highest BCUT2D eigenvalue weighted by Crippen LogP contribution is 2.04. The predicted molar refractivity (Wildman–Crippen MR) is 97.2 cm³/mol. The molecule has 0 bridgehead atoms. The minimum atomic E-state index is 0. The first-order valence-corrected chi connectivity index (χ1v) is 8.03. The van der Waals surface area contributed by atoms with Gasteiger partial charge >= 0.3 is 0 Å². The number of rotatable bonds is 11. The van der Waals surface area contributed by atoms with E-state index in [9.17, 15) is 0 Å². The number of aliphatic imine (C=N–C) groups is 1. The standard InChI is InChI=1S/C15H31N3O.HI/c1-2-3-4-5-6-7-13-19-14-9-12-18-15-16-10-8-11-17-15;/h2-14H2,1H3,(H2,16,17,18);1H. The molecular weight excluding hydrogens is 365 g/mol. The summed E-state index contributed by atoms with van der Waals surface area (Å²) in [6, 6.07) is 0. The number of hydrogen-bond donors (Lipinski definition) is 2. The summed E-state index contributed by atoms with van der Waals surface area (Å²) in [5.41, 5.74) is 0. The van der Waals surface area contributed by atoms with E-state index in [0.29, 0.717) is 0 Å². The van der Waals surface area contributed by atoms with E-state index < -0.39 is 0 Å². The number of guanidine groups is 1. The summed E-state index contributed by atoms with van der Waals surface area (Å²) in [4.78, 5) is 4.37. The molecule has 120 valence electrons. The van der Waals surface area contributed by atoms with Crippen LogP contribution in [0.25, 0.3) is 0 Å². The van der Waals surface area contributed by atoms with Crippen LogP contribution in [-0.4, -0.2) is 38.8 Å². The lowest BCUT2D eigenvalue weighted by molar-refractivity contribution is 0.128. The maximum absolute atomic E-state index is 5.63. The van der Waals surface area contributed by atoms with Gasteiger partial charge in [-0.3, -0.25) is 4.99 Å². The fourth-order valence-corrected chi connectivity index (χ4v) is 2.12. The van der Waals surface area contributed by atoms with Crippen LogP contribution in [0.1, 0.15) is 58.3 Å². The van der Waals surface area contributed by atoms with Crippen molar-refractivity contribution in [2.24, 2.45) is 4.99 Å². The van der Waals surface area contributed by atoms with Crippen molar-refractivity contribution in [3.63, 3.8) is 0 Å². The molecule has 0 aromatic rings. The Bertz CT molecular complexity index is 237. The van der Waals surface area contributed by atoms with Crippen LogP contribution in [0, 0.1) is 0 Å². The molecule has 0 aliphatic carbocycles. The highest BCUT2D eigenvalue weighted by molar-refractivity contribution is 14.0. The number of nitrogens with one attached hydrogen (secondary N) is 2. The van der Waals surface area contributed by atoms with Crippen LogP contribution < -0.4 is 10.6 Å². The summed E-state index contributed by atoms with van der Waals surface area (Å²) in [5, 5.41) is 6.56. The highest BCUT2D eigenvalue weighted by atomic mass is 127. The summed E-state index contributed by atoms with van der Waals surface area (Å²) in [6.45, 7) is 6.97. The number of ether oxygens (including phenoxy) is 1. The minimum absolute atomic E-state index is 0. The molecule has 1 heterocycles. The van der Waals surface area contributed by atoms with Gasteiger partial charge < -0.3 is 15.4 Å². The Kier molecular flexibility index (Phi) is 15.3. The number of nitrogens with zero attached hydrogens (tertiary/aromatic N) is 1. The van der Waals surface area contributed by atoms with Crippen LogP contribution in [-0.2, 0) is 4.74 Å². The van der Waals surface area contributed by atoms with Crippen molar-refractivity contribution in [3.8, 4) is 0 Å². The van der Waals surface area contributed by atoms with E-state index in [0.717, 1.165) is 51.6 Å². The fourth-order valence-electron chi connectivity index (χ4n) is 2.12. The second kappa shape index (κ2) is 15.4. The van der Waals surface area contributed by atoms with Gasteiger partial charge in [0, 0.05) is 32.8 Å². The predicted octanol–water partition coefficient (Wildman–Crippen LogP) is 3.31. The molecule has 1 rings (SSSR count). The van der Waals surface area contributed by atoms with Gasteiger partial charge in [-0.1, -0.05) is 39.0 Å². The molecule has 20 heavy (non-hydrogen) atoms. The van der Waals surface area contributed by atoms with Gasteiger partial charge in [-0.2, -0.15) is 0 Å². The molecule has 0 saturated carbocycles. The Morgan fingerprint density at radius 3 is 2.60 bits per heavy atom. The molecule has 0 unspecified atom stereocenters. The first-order valence-electron chi connectivity index (χ1n) is 8.03. The molecule has 0 saturated heterocycles. The van der Waals surface area contributed by atoms with Crippen molar-refractivity contribution in [3.05, 3.63) is 0 Å². The third kappa shape index (κ3) is 11.8. The fraction of sp³-hybridized carbons (Fsp3) is 0.933. The zero-order chi connectivity index (χ0) is 13.6. The zero-order valence-corrected chi connectivity index (χ0v) is 15.3. The maximum atomic E-state index is 5.63. The van der Waals surface area contributed by atoms with E-state index in [2.05, 4.69) is 22.5 Å². The van der Waals surface area contributed by atoms with Crippen molar-refractivity contribution in [1.29, 1.82) is 0 Å². The summed E-state index contributed by atoms with van der Waals surface area (Å²) in [6.07, 6.45) is 10.2. The monoisotopic (exact) mass is 397 g/mol. The third-order valence-corrected chi connectivity index (χ3v) is 3.30. The van der Waals surface area contributed by atoms with E-state index >= 15 is 0 Å². The SMILES string of the molecule is CCCCCCCCOCCCNC1=NCCCN1.I. The summed E-state index contributed by atoms with van der Waals surface area (Å²) in [5.74, 6) is 0.960. The zero-order valence-electron chi connectivity index (χ0n) is 13.0. The van der Waals surface area contributed by atoms with Gasteiger partial charge in [0.15, 0.2) is 5.96 Å². The maximum Gasteiger partial charge on any atom is 0.191 e. The van der Waals surface area contributed by atoms with Crippen LogP contribution in [0.4, 0.5) is 0 Å². The topological polar surface area (TPSA) is 45.6 Å². The molecule has 2 N–H and O–H groups in total. The normalized spacial score (nSPS) is 14.2. The van der Waals surface area contributed by atoms with Gasteiger partial charge in [0.1, 0.15) is 0 Å². The molecule has 0 fully saturated rings. The first kappa shape index (κ1) is 20.0. The lowest BCUT2D eigenvalue weighted by Crippen LogP contribution is -2.41. The van der Waals surface area contributed by atoms with Gasteiger partial charge in [0.2, 0.25) is 0 Å². The van der Waals surface area contributed by atoms with Crippen molar-refractivity contribution < 1.29 is 4.74 Å². The second-order valence-corrected chi connectivity index (χ2v) is 5.17. The number of halogens is 1. The molecule has 4 nitrogen and oxygen atoms in total. The molecule has 0 amide bonds. The van der Waals surface area contributed by atoms with E-state index in [1.54, 1.807) is 0 Å². The largest absolute Gasteiger partial charge is 0.381 e. The van der Waals surface area contributed by atoms with Gasteiger partial charge in [0.25, 0.3) is 0 Å². The number of hydrogen-bond acceptors (Lipinski definition) is 4. The third-order valence-electron chi connectivity index (χ3n) is 3.30. The first-order chi connectivity index (χ1) is 9.43. The quantitative estimate of drug-likeness (QED) is 0.415. The van der Waals surface area contributed by atoms with Crippen molar-refractivity contribution >= 4 is 29.9 Å². The van der Waals surface area contributed by atoms with E-state index in [-0.39, 0.29) is 24.0 Å². The molecule has 1 aliphatic rings. The van der Waals surface area contributed by atoms with Gasteiger partial charge in [0.05, 0.1) is 0 Å². The molecule has 1 aliphatic heterocycles. The summed E-state index contributed by atoms with van der Waals surface area (Å²) < 4.78 is 5.63. The minimum Gasteiger partial charge on any atom is -0.381 e. The van der Waals surface area contributed by atoms with Crippen molar-refractivity contribution in [2.75, 3.05) is 32.8 Å². The van der Waals surface area contributed by atoms with E-state index in [1.165, 1.54) is 38.5 Å². The van der Waals surface area contributed by atoms with Crippen molar-refractivity contribution in [2.45, 2.75) is 58.3 Å². The second-order valence-electron chi connectivity index (χ2n) is 5.17. The smallest absolute Gasteiger partial charge is 0.191 e. The Morgan fingerprint density at radius 1 is 1.10 bits per heavy atom. The molecule has 0 aromatic carbocycles. The molecule has 0 spiro atoms. The average molecular weight is 397 g/mol. The lowest BCUT2D eigenvalue weighted by Gasteiger charge is -2.15. The summed E-state index contributed by atoms with van der Waals surface area (Å²) >= 11 is 0. The highest BCUT2D eigenvalue weighted by Gasteiger charge is 2.01. The van der Waals surface area contributed by atoms with Crippen LogP contribution in [0.5, 0.6) is 0 Å².